The average molecular weight is 396 g/mol. The van der Waals surface area contributed by atoms with Gasteiger partial charge in [-0.25, -0.2) is 4.98 Å². The van der Waals surface area contributed by atoms with Gasteiger partial charge in [-0.05, 0) is 55.0 Å². The molecule has 2 aromatic heterocycles. The van der Waals surface area contributed by atoms with Gasteiger partial charge >= 0.3 is 0 Å². The second kappa shape index (κ2) is 8.51. The monoisotopic (exact) mass is 395 g/mol. The summed E-state index contributed by atoms with van der Waals surface area (Å²) in [6, 6.07) is 8.32. The van der Waals surface area contributed by atoms with Crippen molar-refractivity contribution in [3.63, 3.8) is 0 Å². The molecule has 0 amide bonds. The van der Waals surface area contributed by atoms with Crippen molar-refractivity contribution in [2.75, 3.05) is 26.9 Å². The van der Waals surface area contributed by atoms with Crippen molar-refractivity contribution < 1.29 is 9.47 Å². The number of benzene rings is 1. The zero-order chi connectivity index (χ0) is 20.4. The number of aryl methyl sites for hydroxylation is 2. The summed E-state index contributed by atoms with van der Waals surface area (Å²) >= 11 is 0. The van der Waals surface area contributed by atoms with Gasteiger partial charge in [-0.2, -0.15) is 0 Å². The van der Waals surface area contributed by atoms with E-state index in [1.807, 2.05) is 19.2 Å². The molecular weight excluding hydrogens is 366 g/mol. The van der Waals surface area contributed by atoms with E-state index in [0.717, 1.165) is 72.6 Å². The Labute approximate surface area is 171 Å². The minimum atomic E-state index is 0.0405. The topological polar surface area (TPSA) is 58.3 Å². The first-order chi connectivity index (χ1) is 14.1. The molecule has 0 aliphatic carbocycles. The summed E-state index contributed by atoms with van der Waals surface area (Å²) < 4.78 is 14.8. The number of hydrogen-bond donors (Lipinski definition) is 0. The summed E-state index contributed by atoms with van der Waals surface area (Å²) in [5.41, 5.74) is 5.04. The third kappa shape index (κ3) is 4.14. The van der Waals surface area contributed by atoms with Crippen LogP contribution < -0.4 is 5.56 Å². The van der Waals surface area contributed by atoms with Crippen molar-refractivity contribution in [3.8, 4) is 11.1 Å². The number of fused-ring (bicyclic) bond motifs is 1. The number of pyridine rings is 1. The van der Waals surface area contributed by atoms with Crippen molar-refractivity contribution in [1.29, 1.82) is 0 Å². The van der Waals surface area contributed by atoms with Crippen LogP contribution in [-0.2, 0) is 29.5 Å². The van der Waals surface area contributed by atoms with Gasteiger partial charge in [0.1, 0.15) is 5.82 Å². The zero-order valence-electron chi connectivity index (χ0n) is 17.5. The van der Waals surface area contributed by atoms with Gasteiger partial charge in [0.15, 0.2) is 0 Å². The van der Waals surface area contributed by atoms with Gasteiger partial charge in [-0.15, -0.1) is 0 Å². The van der Waals surface area contributed by atoms with E-state index >= 15 is 0 Å². The fourth-order valence-electron chi connectivity index (χ4n) is 4.18. The van der Waals surface area contributed by atoms with Crippen molar-refractivity contribution in [3.05, 3.63) is 52.2 Å². The molecule has 1 aliphatic heterocycles. The number of nitrogens with zero attached hydrogens (tertiary/aromatic N) is 3. The van der Waals surface area contributed by atoms with Crippen LogP contribution in [0, 0.1) is 12.8 Å². The summed E-state index contributed by atoms with van der Waals surface area (Å²) in [4.78, 5) is 17.0. The van der Waals surface area contributed by atoms with Gasteiger partial charge in [-0.1, -0.05) is 6.07 Å². The van der Waals surface area contributed by atoms with Crippen molar-refractivity contribution in [1.82, 2.24) is 14.1 Å². The first kappa shape index (κ1) is 19.9. The second-order valence-electron chi connectivity index (χ2n) is 7.96. The Morgan fingerprint density at radius 3 is 2.72 bits per heavy atom. The van der Waals surface area contributed by atoms with Crippen LogP contribution in [0.1, 0.15) is 24.2 Å². The van der Waals surface area contributed by atoms with E-state index < -0.39 is 0 Å². The third-order valence-corrected chi connectivity index (χ3v) is 5.85. The lowest BCUT2D eigenvalue weighted by Gasteiger charge is -2.22. The molecule has 1 aliphatic rings. The molecule has 0 unspecified atom stereocenters. The van der Waals surface area contributed by atoms with Gasteiger partial charge in [-0.3, -0.25) is 4.79 Å². The van der Waals surface area contributed by atoms with Crippen LogP contribution in [0.5, 0.6) is 0 Å². The molecule has 6 nitrogen and oxygen atoms in total. The number of hydrogen-bond acceptors (Lipinski definition) is 4. The van der Waals surface area contributed by atoms with Crippen molar-refractivity contribution in [2.45, 2.75) is 32.7 Å². The molecule has 3 aromatic rings. The molecule has 3 heterocycles. The normalized spacial score (nSPS) is 15.3. The van der Waals surface area contributed by atoms with Crippen LogP contribution in [-0.4, -0.2) is 41.0 Å². The number of imidazole rings is 1. The number of aromatic nitrogens is 3. The average Bonchev–Trinajstić information content (AvgIpc) is 3.07. The Bertz CT molecular complexity index is 1030. The highest BCUT2D eigenvalue weighted by molar-refractivity contribution is 5.82. The minimum absolute atomic E-state index is 0.0405. The Morgan fingerprint density at radius 1 is 1.21 bits per heavy atom. The van der Waals surface area contributed by atoms with Crippen molar-refractivity contribution >= 4 is 11.0 Å². The smallest absolute Gasteiger partial charge is 0.253 e. The maximum atomic E-state index is 12.1. The van der Waals surface area contributed by atoms with E-state index in [2.05, 4.69) is 22.8 Å². The van der Waals surface area contributed by atoms with E-state index in [9.17, 15) is 4.79 Å². The lowest BCUT2D eigenvalue weighted by molar-refractivity contribution is 0.0656. The summed E-state index contributed by atoms with van der Waals surface area (Å²) in [7, 11) is 3.53. The van der Waals surface area contributed by atoms with Gasteiger partial charge < -0.3 is 18.6 Å². The van der Waals surface area contributed by atoms with Crippen LogP contribution in [0.2, 0.25) is 0 Å². The molecule has 1 fully saturated rings. The third-order valence-electron chi connectivity index (χ3n) is 5.85. The first-order valence-corrected chi connectivity index (χ1v) is 10.3. The molecule has 6 heteroatoms. The fourth-order valence-corrected chi connectivity index (χ4v) is 4.18. The molecule has 0 spiro atoms. The number of rotatable bonds is 6. The summed E-state index contributed by atoms with van der Waals surface area (Å²) in [6.07, 6.45) is 5.05. The van der Waals surface area contributed by atoms with Gasteiger partial charge in [0.05, 0.1) is 17.6 Å². The van der Waals surface area contributed by atoms with Gasteiger partial charge in [0.25, 0.3) is 5.56 Å². The van der Waals surface area contributed by atoms with E-state index in [0.29, 0.717) is 12.5 Å². The highest BCUT2D eigenvalue weighted by Crippen LogP contribution is 2.27. The molecule has 29 heavy (non-hydrogen) atoms. The van der Waals surface area contributed by atoms with Crippen molar-refractivity contribution in [2.24, 2.45) is 13.0 Å². The largest absolute Gasteiger partial charge is 0.383 e. The lowest BCUT2D eigenvalue weighted by Crippen LogP contribution is -2.20. The summed E-state index contributed by atoms with van der Waals surface area (Å²) in [6.45, 7) is 4.98. The summed E-state index contributed by atoms with van der Waals surface area (Å²) in [5, 5.41) is 0. The van der Waals surface area contributed by atoms with Gasteiger partial charge in [0.2, 0.25) is 0 Å². The highest BCUT2D eigenvalue weighted by atomic mass is 16.5. The molecule has 4 rings (SSSR count). The molecular formula is C23H29N3O3. The van der Waals surface area contributed by atoms with Crippen LogP contribution in [0.15, 0.2) is 35.3 Å². The first-order valence-electron chi connectivity index (χ1n) is 10.3. The van der Waals surface area contributed by atoms with E-state index in [1.54, 1.807) is 18.7 Å². The van der Waals surface area contributed by atoms with E-state index in [4.69, 9.17) is 14.5 Å². The minimum Gasteiger partial charge on any atom is -0.383 e. The molecule has 0 saturated carbocycles. The Kier molecular flexibility index (Phi) is 5.83. The molecule has 1 saturated heterocycles. The van der Waals surface area contributed by atoms with Crippen LogP contribution in [0.3, 0.4) is 0 Å². The highest BCUT2D eigenvalue weighted by Gasteiger charge is 2.19. The maximum absolute atomic E-state index is 12.1. The van der Waals surface area contributed by atoms with Crippen LogP contribution >= 0.6 is 0 Å². The predicted molar refractivity (Wildman–Crippen MR) is 114 cm³/mol. The van der Waals surface area contributed by atoms with Gasteiger partial charge in [0, 0.05) is 52.1 Å². The molecule has 0 N–H and O–H groups in total. The molecule has 0 bridgehead atoms. The fraction of sp³-hybridized carbons (Fsp3) is 0.478. The lowest BCUT2D eigenvalue weighted by atomic mass is 9.96. The zero-order valence-corrected chi connectivity index (χ0v) is 17.5. The Hall–Kier alpha value is -2.44. The van der Waals surface area contributed by atoms with E-state index in [1.165, 1.54) is 0 Å². The Morgan fingerprint density at radius 2 is 2.00 bits per heavy atom. The molecule has 1 aromatic carbocycles. The SMILES string of the molecule is COCCn1c(CC2CCOCC2)nc2ccc(-c3cc(C)c(=O)n(C)c3)cc21. The number of ether oxygens (including phenoxy) is 2. The quantitative estimate of drug-likeness (QED) is 0.642. The second-order valence-corrected chi connectivity index (χ2v) is 7.96. The standard InChI is InChI=1S/C23H29N3O3/c1-16-12-19(15-25(2)23(16)27)18-4-5-20-21(14-18)26(8-11-28-3)22(24-20)13-17-6-9-29-10-7-17/h4-5,12,14-15,17H,6-11,13H2,1-3H3. The maximum Gasteiger partial charge on any atom is 0.253 e. The predicted octanol–water partition coefficient (Wildman–Crippen LogP) is 3.33. The molecule has 154 valence electrons. The van der Waals surface area contributed by atoms with Crippen LogP contribution in [0.25, 0.3) is 22.2 Å². The molecule has 0 radical (unpaired) electrons. The van der Waals surface area contributed by atoms with Crippen LogP contribution in [0.4, 0.5) is 0 Å². The molecule has 0 atom stereocenters. The summed E-state index contributed by atoms with van der Waals surface area (Å²) in [5.74, 6) is 1.74. The van der Waals surface area contributed by atoms with E-state index in [-0.39, 0.29) is 5.56 Å². The Balaban J connectivity index is 1.75. The number of methoxy groups -OCH3 is 1.